The second kappa shape index (κ2) is 9.26. The number of aliphatic hydroxyl groups excluding tert-OH is 1. The van der Waals surface area contributed by atoms with E-state index in [0.29, 0.717) is 23.7 Å². The van der Waals surface area contributed by atoms with Crippen LogP contribution in [0.15, 0.2) is 60.8 Å². The second-order valence-electron chi connectivity index (χ2n) is 7.33. The van der Waals surface area contributed by atoms with Crippen LogP contribution in [0.2, 0.25) is 5.02 Å². The van der Waals surface area contributed by atoms with Gasteiger partial charge in [0.1, 0.15) is 17.6 Å². The van der Waals surface area contributed by atoms with E-state index in [2.05, 4.69) is 9.88 Å². The molecule has 0 saturated carbocycles. The van der Waals surface area contributed by atoms with Gasteiger partial charge in [0.05, 0.1) is 23.7 Å². The van der Waals surface area contributed by atoms with E-state index in [1.54, 1.807) is 30.5 Å². The Bertz CT molecular complexity index is 1080. The predicted octanol–water partition coefficient (Wildman–Crippen LogP) is 5.70. The Morgan fingerprint density at radius 1 is 1.09 bits per heavy atom. The molecule has 1 aromatic heterocycles. The zero-order valence-corrected chi connectivity index (χ0v) is 17.6. The quantitative estimate of drug-likeness (QED) is 0.507. The van der Waals surface area contributed by atoms with Crippen LogP contribution in [-0.2, 0) is 12.8 Å². The average Bonchev–Trinajstić information content (AvgIpc) is 3.23. The molecule has 3 aromatic rings. The molecule has 0 unspecified atom stereocenters. The highest BCUT2D eigenvalue weighted by atomic mass is 35.5. The van der Waals surface area contributed by atoms with Crippen molar-refractivity contribution in [2.45, 2.75) is 25.3 Å². The molecule has 0 spiro atoms. The Morgan fingerprint density at radius 2 is 1.88 bits per heavy atom. The Balaban J connectivity index is 1.48. The largest absolute Gasteiger partial charge is 0.472 e. The summed E-state index contributed by atoms with van der Waals surface area (Å²) >= 11 is 5.66. The molecule has 9 heteroatoms. The molecule has 0 amide bonds. The van der Waals surface area contributed by atoms with Gasteiger partial charge in [-0.15, -0.1) is 0 Å². The van der Waals surface area contributed by atoms with E-state index < -0.39 is 16.8 Å². The van der Waals surface area contributed by atoms with Crippen LogP contribution in [0.25, 0.3) is 0 Å². The van der Waals surface area contributed by atoms with E-state index in [1.807, 2.05) is 12.1 Å². The number of benzene rings is 2. The van der Waals surface area contributed by atoms with Crippen molar-refractivity contribution in [2.24, 2.45) is 0 Å². The molecule has 2 aromatic carbocycles. The van der Waals surface area contributed by atoms with Gasteiger partial charge in [0.25, 0.3) is 0 Å². The lowest BCUT2D eigenvalue weighted by molar-refractivity contribution is -0.137. The first kappa shape index (κ1) is 22.2. The first-order valence-corrected chi connectivity index (χ1v) is 10.3. The van der Waals surface area contributed by atoms with Gasteiger partial charge in [0.15, 0.2) is 0 Å². The molecule has 1 fully saturated rings. The number of anilines is 1. The van der Waals surface area contributed by atoms with E-state index in [9.17, 15) is 18.3 Å². The van der Waals surface area contributed by atoms with Crippen LogP contribution in [0.3, 0.4) is 0 Å². The highest BCUT2D eigenvalue weighted by Gasteiger charge is 2.33. The topological polar surface area (TPSA) is 54.8 Å². The normalized spacial score (nSPS) is 16.3. The van der Waals surface area contributed by atoms with Gasteiger partial charge < -0.3 is 19.5 Å². The molecular weight excluding hydrogens is 445 g/mol. The van der Waals surface area contributed by atoms with Crippen LogP contribution in [0.5, 0.6) is 17.4 Å². The maximum absolute atomic E-state index is 13.1. The summed E-state index contributed by atoms with van der Waals surface area (Å²) < 4.78 is 50.8. The van der Waals surface area contributed by atoms with Crippen molar-refractivity contribution >= 4 is 17.3 Å². The summed E-state index contributed by atoms with van der Waals surface area (Å²) in [6.45, 7) is 1.11. The molecule has 4 rings (SSSR count). The third-order valence-electron chi connectivity index (χ3n) is 5.11. The number of alkyl halides is 3. The van der Waals surface area contributed by atoms with Gasteiger partial charge in [0.2, 0.25) is 5.88 Å². The molecule has 1 atom stereocenters. The number of aliphatic hydroxyl groups is 1. The molecule has 168 valence electrons. The van der Waals surface area contributed by atoms with Crippen molar-refractivity contribution in [2.75, 3.05) is 18.0 Å². The van der Waals surface area contributed by atoms with E-state index in [-0.39, 0.29) is 18.5 Å². The number of pyridine rings is 1. The average molecular weight is 465 g/mol. The molecule has 1 aliphatic heterocycles. The SMILES string of the molecule is OCc1cc(Oc2ccc(Cl)c(C(F)(F)F)c2)ccc1N1CC[C@H](Oc2ccccn2)C1. The smallest absolute Gasteiger partial charge is 0.417 e. The van der Waals surface area contributed by atoms with Crippen LogP contribution >= 0.6 is 11.6 Å². The summed E-state index contributed by atoms with van der Waals surface area (Å²) in [6, 6.07) is 13.9. The number of hydrogen-bond acceptors (Lipinski definition) is 5. The number of ether oxygens (including phenoxy) is 2. The third-order valence-corrected chi connectivity index (χ3v) is 5.44. The van der Waals surface area contributed by atoms with Gasteiger partial charge in [-0.2, -0.15) is 13.2 Å². The fourth-order valence-electron chi connectivity index (χ4n) is 3.61. The van der Waals surface area contributed by atoms with Crippen molar-refractivity contribution in [3.8, 4) is 17.4 Å². The highest BCUT2D eigenvalue weighted by Crippen LogP contribution is 2.38. The number of aromatic nitrogens is 1. The van der Waals surface area contributed by atoms with Crippen LogP contribution < -0.4 is 14.4 Å². The van der Waals surface area contributed by atoms with Gasteiger partial charge in [-0.05, 0) is 42.5 Å². The van der Waals surface area contributed by atoms with Crippen molar-refractivity contribution < 1.29 is 27.8 Å². The summed E-state index contributed by atoms with van der Waals surface area (Å²) in [4.78, 5) is 6.27. The lowest BCUT2D eigenvalue weighted by Crippen LogP contribution is -2.25. The van der Waals surface area contributed by atoms with Gasteiger partial charge in [0, 0.05) is 36.5 Å². The van der Waals surface area contributed by atoms with Crippen LogP contribution in [0.4, 0.5) is 18.9 Å². The van der Waals surface area contributed by atoms with Crippen LogP contribution in [-0.4, -0.2) is 29.3 Å². The van der Waals surface area contributed by atoms with Crippen molar-refractivity contribution in [3.05, 3.63) is 76.9 Å². The van der Waals surface area contributed by atoms with E-state index in [0.717, 1.165) is 30.8 Å². The van der Waals surface area contributed by atoms with Gasteiger partial charge >= 0.3 is 6.18 Å². The van der Waals surface area contributed by atoms with Crippen LogP contribution in [0, 0.1) is 0 Å². The minimum absolute atomic E-state index is 0.00311. The minimum Gasteiger partial charge on any atom is -0.472 e. The summed E-state index contributed by atoms with van der Waals surface area (Å²) in [5, 5.41) is 9.47. The van der Waals surface area contributed by atoms with Gasteiger partial charge in [-0.3, -0.25) is 0 Å². The van der Waals surface area contributed by atoms with Crippen molar-refractivity contribution in [1.29, 1.82) is 0 Å². The van der Waals surface area contributed by atoms with E-state index in [4.69, 9.17) is 21.1 Å². The Labute approximate surface area is 188 Å². The fraction of sp³-hybridized carbons (Fsp3) is 0.261. The van der Waals surface area contributed by atoms with Crippen molar-refractivity contribution in [3.63, 3.8) is 0 Å². The number of halogens is 4. The first-order valence-electron chi connectivity index (χ1n) is 9.94. The summed E-state index contributed by atoms with van der Waals surface area (Å²) in [5.41, 5.74) is 0.455. The van der Waals surface area contributed by atoms with Gasteiger partial charge in [-0.1, -0.05) is 17.7 Å². The van der Waals surface area contributed by atoms with E-state index in [1.165, 1.54) is 6.07 Å². The summed E-state index contributed by atoms with van der Waals surface area (Å²) in [5.74, 6) is 0.878. The first-order chi connectivity index (χ1) is 15.3. The molecular formula is C23H20ClF3N2O3. The standard InChI is InChI=1S/C23H20ClF3N2O3/c24-20-6-4-17(12-19(20)23(25,26)27)31-16-5-7-21(15(11-16)14-30)29-10-8-18(13-29)32-22-3-1-2-9-28-22/h1-7,9,11-12,18,30H,8,10,13-14H2/t18-/m0/s1. The molecule has 0 bridgehead atoms. The number of nitrogens with zero attached hydrogens (tertiary/aromatic N) is 2. The number of rotatable bonds is 6. The van der Waals surface area contributed by atoms with Crippen LogP contribution in [0.1, 0.15) is 17.5 Å². The Hall–Kier alpha value is -2.97. The molecule has 1 saturated heterocycles. The van der Waals surface area contributed by atoms with Crippen molar-refractivity contribution in [1.82, 2.24) is 4.98 Å². The maximum atomic E-state index is 13.1. The summed E-state index contributed by atoms with van der Waals surface area (Å²) in [6.07, 6.45) is -2.16. The monoisotopic (exact) mass is 464 g/mol. The Kier molecular flexibility index (Phi) is 6.43. The highest BCUT2D eigenvalue weighted by molar-refractivity contribution is 6.31. The lowest BCUT2D eigenvalue weighted by atomic mass is 10.1. The molecule has 1 aliphatic rings. The third kappa shape index (κ3) is 5.08. The molecule has 0 radical (unpaired) electrons. The molecule has 0 aliphatic carbocycles. The molecule has 32 heavy (non-hydrogen) atoms. The zero-order valence-electron chi connectivity index (χ0n) is 16.8. The summed E-state index contributed by atoms with van der Waals surface area (Å²) in [7, 11) is 0. The van der Waals surface area contributed by atoms with Gasteiger partial charge in [-0.25, -0.2) is 4.98 Å². The lowest BCUT2D eigenvalue weighted by Gasteiger charge is -2.22. The number of hydrogen-bond donors (Lipinski definition) is 1. The molecule has 1 N–H and O–H groups in total. The fourth-order valence-corrected chi connectivity index (χ4v) is 3.84. The van der Waals surface area contributed by atoms with E-state index >= 15 is 0 Å². The second-order valence-corrected chi connectivity index (χ2v) is 7.74. The zero-order chi connectivity index (χ0) is 22.7. The molecule has 5 nitrogen and oxygen atoms in total. The maximum Gasteiger partial charge on any atom is 0.417 e. The Morgan fingerprint density at radius 3 is 2.59 bits per heavy atom. The predicted molar refractivity (Wildman–Crippen MR) is 114 cm³/mol. The molecule has 2 heterocycles. The minimum atomic E-state index is -4.58.